The summed E-state index contributed by atoms with van der Waals surface area (Å²) in [5.74, 6) is 0.567. The zero-order valence-corrected chi connectivity index (χ0v) is 17.1. The number of nitrogens with zero attached hydrogens (tertiary/aromatic N) is 3. The standard InChI is InChI=1S/C15H23FN4O2S.HI/c1-17-15(18-7-12-23(2,21)22)20-10-8-19(9-11-20)14-5-3-13(16)4-6-14;/h3-6H,7-12H2,1-2H3,(H,17,18);1H. The molecule has 0 aliphatic carbocycles. The summed E-state index contributed by atoms with van der Waals surface area (Å²) < 4.78 is 35.3. The number of rotatable bonds is 4. The van der Waals surface area contributed by atoms with Gasteiger partial charge in [0.05, 0.1) is 5.75 Å². The van der Waals surface area contributed by atoms with E-state index < -0.39 is 9.84 Å². The smallest absolute Gasteiger partial charge is 0.193 e. The van der Waals surface area contributed by atoms with E-state index in [-0.39, 0.29) is 35.5 Å². The number of halogens is 2. The molecule has 0 bridgehead atoms. The minimum atomic E-state index is -2.98. The largest absolute Gasteiger partial charge is 0.368 e. The fourth-order valence-corrected chi connectivity index (χ4v) is 2.98. The molecule has 0 aromatic heterocycles. The molecule has 0 spiro atoms. The highest BCUT2D eigenvalue weighted by molar-refractivity contribution is 14.0. The molecular formula is C15H24FIN4O2S. The number of hydrogen-bond donors (Lipinski definition) is 1. The van der Waals surface area contributed by atoms with Crippen molar-refractivity contribution in [2.24, 2.45) is 4.99 Å². The molecule has 0 amide bonds. The molecule has 1 heterocycles. The highest BCUT2D eigenvalue weighted by Crippen LogP contribution is 2.16. The van der Waals surface area contributed by atoms with Gasteiger partial charge in [-0.15, -0.1) is 24.0 Å². The van der Waals surface area contributed by atoms with Crippen LogP contribution < -0.4 is 10.2 Å². The van der Waals surface area contributed by atoms with E-state index in [0.29, 0.717) is 12.5 Å². The Kier molecular flexibility index (Phi) is 8.20. The van der Waals surface area contributed by atoms with E-state index in [0.717, 1.165) is 31.9 Å². The van der Waals surface area contributed by atoms with Crippen LogP contribution in [-0.4, -0.2) is 71.1 Å². The maximum absolute atomic E-state index is 13.0. The molecule has 0 radical (unpaired) electrons. The Balaban J connectivity index is 0.00000288. The topological polar surface area (TPSA) is 65.0 Å². The molecule has 136 valence electrons. The first-order valence-corrected chi connectivity index (χ1v) is 9.59. The van der Waals surface area contributed by atoms with Gasteiger partial charge in [-0.05, 0) is 24.3 Å². The first kappa shape index (κ1) is 20.9. The SMILES string of the molecule is CN=C(NCCS(C)(=O)=O)N1CCN(c2ccc(F)cc2)CC1.I. The van der Waals surface area contributed by atoms with Crippen molar-refractivity contribution in [3.05, 3.63) is 30.1 Å². The fourth-order valence-electron chi connectivity index (χ4n) is 2.51. The van der Waals surface area contributed by atoms with E-state index in [1.54, 1.807) is 19.2 Å². The number of piperazine rings is 1. The number of aliphatic imine (C=N–C) groups is 1. The molecule has 1 saturated heterocycles. The van der Waals surface area contributed by atoms with Crippen LogP contribution in [0.3, 0.4) is 0 Å². The second-order valence-corrected chi connectivity index (χ2v) is 7.81. The summed E-state index contributed by atoms with van der Waals surface area (Å²) in [7, 11) is -1.29. The average molecular weight is 470 g/mol. The molecular weight excluding hydrogens is 446 g/mol. The van der Waals surface area contributed by atoms with Crippen molar-refractivity contribution < 1.29 is 12.8 Å². The summed E-state index contributed by atoms with van der Waals surface area (Å²) in [6, 6.07) is 6.50. The predicted octanol–water partition coefficient (Wildman–Crippen LogP) is 1.19. The second-order valence-electron chi connectivity index (χ2n) is 5.55. The Morgan fingerprint density at radius 3 is 2.29 bits per heavy atom. The minimum Gasteiger partial charge on any atom is -0.368 e. The van der Waals surface area contributed by atoms with Gasteiger partial charge in [0.15, 0.2) is 5.96 Å². The van der Waals surface area contributed by atoms with Gasteiger partial charge in [-0.2, -0.15) is 0 Å². The number of sulfone groups is 1. The van der Waals surface area contributed by atoms with Crippen LogP contribution >= 0.6 is 24.0 Å². The van der Waals surface area contributed by atoms with Crippen molar-refractivity contribution in [2.75, 3.05) is 56.7 Å². The highest BCUT2D eigenvalue weighted by atomic mass is 127. The van der Waals surface area contributed by atoms with Gasteiger partial charge in [-0.3, -0.25) is 4.99 Å². The zero-order chi connectivity index (χ0) is 16.9. The number of hydrogen-bond acceptors (Lipinski definition) is 4. The van der Waals surface area contributed by atoms with Crippen LogP contribution in [0.1, 0.15) is 0 Å². The van der Waals surface area contributed by atoms with Gasteiger partial charge in [0.25, 0.3) is 0 Å². The zero-order valence-electron chi connectivity index (χ0n) is 13.9. The van der Waals surface area contributed by atoms with Gasteiger partial charge in [0, 0.05) is 51.7 Å². The van der Waals surface area contributed by atoms with Crippen LogP contribution in [0.5, 0.6) is 0 Å². The number of benzene rings is 1. The third-order valence-electron chi connectivity index (χ3n) is 3.74. The Labute approximate surface area is 160 Å². The Morgan fingerprint density at radius 1 is 1.21 bits per heavy atom. The molecule has 0 saturated carbocycles. The van der Waals surface area contributed by atoms with Crippen LogP contribution in [0.4, 0.5) is 10.1 Å². The lowest BCUT2D eigenvalue weighted by Gasteiger charge is -2.37. The second kappa shape index (κ2) is 9.40. The molecule has 1 aliphatic rings. The van der Waals surface area contributed by atoms with Crippen LogP contribution in [-0.2, 0) is 9.84 Å². The highest BCUT2D eigenvalue weighted by Gasteiger charge is 2.19. The van der Waals surface area contributed by atoms with Crippen molar-refractivity contribution in [3.8, 4) is 0 Å². The normalized spacial score (nSPS) is 15.9. The lowest BCUT2D eigenvalue weighted by molar-refractivity contribution is 0.373. The van der Waals surface area contributed by atoms with Gasteiger partial charge >= 0.3 is 0 Å². The fraction of sp³-hybridized carbons (Fsp3) is 0.533. The van der Waals surface area contributed by atoms with E-state index >= 15 is 0 Å². The Morgan fingerprint density at radius 2 is 1.79 bits per heavy atom. The number of nitrogens with one attached hydrogen (secondary N) is 1. The summed E-state index contributed by atoms with van der Waals surface area (Å²) in [6.07, 6.45) is 1.22. The third kappa shape index (κ3) is 6.42. The Bertz CT molecular complexity index is 644. The Hall–Kier alpha value is -1.10. The van der Waals surface area contributed by atoms with E-state index in [2.05, 4.69) is 20.1 Å². The van der Waals surface area contributed by atoms with Crippen molar-refractivity contribution in [1.29, 1.82) is 0 Å². The van der Waals surface area contributed by atoms with E-state index in [1.165, 1.54) is 18.4 Å². The van der Waals surface area contributed by atoms with Gasteiger partial charge < -0.3 is 15.1 Å². The average Bonchev–Trinajstić information content (AvgIpc) is 2.52. The molecule has 9 heteroatoms. The van der Waals surface area contributed by atoms with Crippen molar-refractivity contribution >= 4 is 45.5 Å². The molecule has 1 N–H and O–H groups in total. The maximum Gasteiger partial charge on any atom is 0.193 e. The molecule has 1 aromatic rings. The summed E-state index contributed by atoms with van der Waals surface area (Å²) in [6.45, 7) is 3.51. The number of anilines is 1. The summed E-state index contributed by atoms with van der Waals surface area (Å²) in [5.41, 5.74) is 1.01. The van der Waals surface area contributed by atoms with Crippen LogP contribution in [0.15, 0.2) is 29.3 Å². The minimum absolute atomic E-state index is 0. The molecule has 1 aliphatic heterocycles. The predicted molar refractivity (Wildman–Crippen MR) is 107 cm³/mol. The van der Waals surface area contributed by atoms with Crippen LogP contribution in [0, 0.1) is 5.82 Å². The molecule has 24 heavy (non-hydrogen) atoms. The number of guanidine groups is 1. The molecule has 0 unspecified atom stereocenters. The molecule has 2 rings (SSSR count). The summed E-state index contributed by atoms with van der Waals surface area (Å²) in [5, 5.41) is 3.09. The van der Waals surface area contributed by atoms with Crippen molar-refractivity contribution in [1.82, 2.24) is 10.2 Å². The van der Waals surface area contributed by atoms with Crippen molar-refractivity contribution in [3.63, 3.8) is 0 Å². The quantitative estimate of drug-likeness (QED) is 0.407. The van der Waals surface area contributed by atoms with E-state index in [4.69, 9.17) is 0 Å². The first-order chi connectivity index (χ1) is 10.9. The molecule has 6 nitrogen and oxygen atoms in total. The lowest BCUT2D eigenvalue weighted by atomic mass is 10.2. The molecule has 0 atom stereocenters. The van der Waals surface area contributed by atoms with E-state index in [9.17, 15) is 12.8 Å². The third-order valence-corrected chi connectivity index (χ3v) is 4.68. The lowest BCUT2D eigenvalue weighted by Crippen LogP contribution is -2.53. The van der Waals surface area contributed by atoms with Crippen molar-refractivity contribution in [2.45, 2.75) is 0 Å². The monoisotopic (exact) mass is 470 g/mol. The summed E-state index contributed by atoms with van der Waals surface area (Å²) >= 11 is 0. The molecule has 1 aromatic carbocycles. The van der Waals surface area contributed by atoms with Gasteiger partial charge in [0.1, 0.15) is 15.7 Å². The molecule has 1 fully saturated rings. The summed E-state index contributed by atoms with van der Waals surface area (Å²) in [4.78, 5) is 8.50. The first-order valence-electron chi connectivity index (χ1n) is 7.53. The maximum atomic E-state index is 13.0. The van der Waals surface area contributed by atoms with E-state index in [1.807, 2.05) is 0 Å². The van der Waals surface area contributed by atoms with Crippen LogP contribution in [0.25, 0.3) is 0 Å². The van der Waals surface area contributed by atoms with Gasteiger partial charge in [-0.25, -0.2) is 12.8 Å². The van der Waals surface area contributed by atoms with Crippen LogP contribution in [0.2, 0.25) is 0 Å². The van der Waals surface area contributed by atoms with Gasteiger partial charge in [-0.1, -0.05) is 0 Å². The van der Waals surface area contributed by atoms with Gasteiger partial charge in [0.2, 0.25) is 0 Å².